The maximum atomic E-state index is 12.7. The maximum Gasteiger partial charge on any atom is 0.314 e. The van der Waals surface area contributed by atoms with Gasteiger partial charge in [-0.15, -0.1) is 30.0 Å². The number of aromatic hydroxyl groups is 4. The fraction of sp³-hybridized carbons (Fsp3) is 0.351. The number of amides is 2. The largest absolute Gasteiger partial charge is 0.507 e. The fourth-order valence-corrected chi connectivity index (χ4v) is 14.8. The van der Waals surface area contributed by atoms with Gasteiger partial charge in [-0.1, -0.05) is 321 Å². The van der Waals surface area contributed by atoms with E-state index < -0.39 is 11.8 Å². The van der Waals surface area contributed by atoms with E-state index in [-0.39, 0.29) is 55.9 Å². The van der Waals surface area contributed by atoms with Gasteiger partial charge in [0.05, 0.1) is 36.6 Å². The number of hydrogen-bond acceptors (Lipinski definition) is 17. The molecular weight excluding hydrogens is 1720 g/mol. The lowest BCUT2D eigenvalue weighted by Gasteiger charge is -2.27. The van der Waals surface area contributed by atoms with Crippen LogP contribution in [0.15, 0.2) is 224 Å². The summed E-state index contributed by atoms with van der Waals surface area (Å²) in [6, 6.07) is 69.0. The Morgan fingerprint density at radius 2 is 0.828 bits per heavy atom. The number of aromatic nitrogens is 9. The Morgan fingerprint density at radius 1 is 0.388 bits per heavy atom. The molecule has 0 bridgehead atoms. The van der Waals surface area contributed by atoms with Crippen LogP contribution in [0.5, 0.6) is 40.2 Å². The van der Waals surface area contributed by atoms with Crippen molar-refractivity contribution in [2.75, 3.05) is 30.5 Å². The molecule has 0 aliphatic rings. The smallest absolute Gasteiger partial charge is 0.314 e. The van der Waals surface area contributed by atoms with Crippen molar-refractivity contribution in [3.63, 3.8) is 0 Å². The summed E-state index contributed by atoms with van der Waals surface area (Å²) in [5.41, 5.74) is 15.0. The van der Waals surface area contributed by atoms with Gasteiger partial charge in [-0.05, 0) is 179 Å². The normalized spacial score (nSPS) is 11.5. The van der Waals surface area contributed by atoms with Gasteiger partial charge in [0.25, 0.3) is 0 Å². The summed E-state index contributed by atoms with van der Waals surface area (Å²) >= 11 is 12.0. The quantitative estimate of drug-likeness (QED) is 0.0167. The van der Waals surface area contributed by atoms with E-state index in [0.717, 1.165) is 87.6 Å². The van der Waals surface area contributed by atoms with E-state index in [0.29, 0.717) is 115 Å². The molecule has 0 radical (unpaired) electrons. The lowest BCUT2D eigenvalue weighted by atomic mass is 9.80. The van der Waals surface area contributed by atoms with Crippen molar-refractivity contribution in [3.05, 3.63) is 285 Å². The van der Waals surface area contributed by atoms with Crippen LogP contribution in [-0.4, -0.2) is 103 Å². The molecule has 0 aliphatic heterocycles. The number of aryl methyl sites for hydroxylation is 2. The van der Waals surface area contributed by atoms with Gasteiger partial charge >= 0.3 is 11.8 Å². The molecule has 3 aromatic heterocycles. The molecule has 3 heterocycles. The van der Waals surface area contributed by atoms with Gasteiger partial charge < -0.3 is 45.3 Å². The first-order chi connectivity index (χ1) is 63.5. The third-order valence-corrected chi connectivity index (χ3v) is 22.8. The summed E-state index contributed by atoms with van der Waals surface area (Å²) in [7, 11) is 0. The Balaban J connectivity index is 0.000000175. The van der Waals surface area contributed by atoms with Gasteiger partial charge in [-0.25, -0.2) is 15.0 Å². The Morgan fingerprint density at radius 3 is 1.31 bits per heavy atom. The summed E-state index contributed by atoms with van der Waals surface area (Å²) in [6.07, 6.45) is 12.6. The average Bonchev–Trinajstić information content (AvgIpc) is 1.55. The number of carbonyl (C=O) groups is 3. The molecule has 21 nitrogen and oxygen atoms in total. The van der Waals surface area contributed by atoms with E-state index in [1.165, 1.54) is 59.7 Å². The van der Waals surface area contributed by atoms with Gasteiger partial charge in [-0.2, -0.15) is 0 Å². The van der Waals surface area contributed by atoms with Crippen LogP contribution in [-0.2, 0) is 43.1 Å². The van der Waals surface area contributed by atoms with Crippen LogP contribution in [0.2, 0.25) is 10.0 Å². The first-order valence-corrected chi connectivity index (χ1v) is 47.0. The van der Waals surface area contributed by atoms with Gasteiger partial charge in [0, 0.05) is 55.7 Å². The monoisotopic (exact) mass is 1850 g/mol. The summed E-state index contributed by atoms with van der Waals surface area (Å²) in [6.45, 7) is 43.7. The topological polar surface area (TPSA) is 284 Å². The van der Waals surface area contributed by atoms with E-state index in [1.54, 1.807) is 60.7 Å². The number of ketones is 1. The van der Waals surface area contributed by atoms with Crippen LogP contribution >= 0.6 is 23.2 Å². The zero-order chi connectivity index (χ0) is 97.4. The molecular formula is C111H131Cl2N11O10. The SMILES string of the molecule is CC(C)(C)c1cc(-n2nc3ccc(Cl)cc3n2)c(O)c(C(C)(C)C)c1.CCCCCCCCOc1ccc(C(=O)c2ccccc2)c(O)c1.CCCCCCOc1ccc(-c2nc(-c3ccccc3)nc(-c3ccccc3)n2)c(O)c1.CCOc1ccc(C(C)(C)C)cc1NC(=O)C(=O)Nc1ccc(C(C)(C)C)cc1CC.Cc1cc(-n2nc3ccc(Cl)cc3n2)c(O)c(C(C)(C)C)c1. The Kier molecular flexibility index (Phi) is 35.9. The summed E-state index contributed by atoms with van der Waals surface area (Å²) in [4.78, 5) is 54.7. The lowest BCUT2D eigenvalue weighted by Crippen LogP contribution is -2.30. The van der Waals surface area contributed by atoms with Crippen LogP contribution in [0.3, 0.4) is 0 Å². The number of fused-ring (bicyclic) bond motifs is 2. The summed E-state index contributed by atoms with van der Waals surface area (Å²) in [5.74, 6) is 2.18. The minimum absolute atomic E-state index is 0.0115. The van der Waals surface area contributed by atoms with Crippen LogP contribution < -0.4 is 24.8 Å². The molecule has 704 valence electrons. The Labute approximate surface area is 800 Å². The highest BCUT2D eigenvalue weighted by Gasteiger charge is 2.29. The zero-order valence-corrected chi connectivity index (χ0v) is 82.8. The number of nitrogens with one attached hydrogen (secondary N) is 2. The number of hydrogen-bond donors (Lipinski definition) is 6. The van der Waals surface area contributed by atoms with Crippen LogP contribution in [0.4, 0.5) is 11.4 Å². The molecule has 6 N–H and O–H groups in total. The van der Waals surface area contributed by atoms with Crippen LogP contribution in [0.1, 0.15) is 251 Å². The Bertz CT molecular complexity index is 6250. The first kappa shape index (κ1) is 103. The number of benzene rings is 11. The van der Waals surface area contributed by atoms with Crippen molar-refractivity contribution in [2.45, 2.75) is 236 Å². The number of phenolic OH excluding ortho intramolecular Hbond substituents is 4. The van der Waals surface area contributed by atoms with Gasteiger partial charge in [0.1, 0.15) is 73.7 Å². The maximum absolute atomic E-state index is 12.7. The second kappa shape index (κ2) is 46.6. The van der Waals surface area contributed by atoms with Crippen molar-refractivity contribution >= 4 is 74.2 Å². The first-order valence-electron chi connectivity index (χ1n) is 46.2. The molecule has 0 fully saturated rings. The molecule has 134 heavy (non-hydrogen) atoms. The van der Waals surface area contributed by atoms with Gasteiger partial charge in [-0.3, -0.25) is 14.4 Å². The van der Waals surface area contributed by atoms with Crippen molar-refractivity contribution < 1.29 is 49.0 Å². The Hall–Kier alpha value is -13.0. The number of anilines is 2. The van der Waals surface area contributed by atoms with E-state index in [1.807, 2.05) is 166 Å². The molecule has 0 spiro atoms. The molecule has 0 atom stereocenters. The van der Waals surface area contributed by atoms with Crippen molar-refractivity contribution in [2.24, 2.45) is 0 Å². The number of carbonyl (C=O) groups excluding carboxylic acids is 3. The highest BCUT2D eigenvalue weighted by molar-refractivity contribution is 6.44. The predicted octanol–water partition coefficient (Wildman–Crippen LogP) is 27.5. The predicted molar refractivity (Wildman–Crippen MR) is 544 cm³/mol. The second-order valence-electron chi connectivity index (χ2n) is 38.5. The molecule has 0 saturated carbocycles. The minimum atomic E-state index is -0.728. The van der Waals surface area contributed by atoms with Crippen molar-refractivity contribution in [1.82, 2.24) is 44.9 Å². The van der Waals surface area contributed by atoms with Crippen molar-refractivity contribution in [3.8, 4) is 85.8 Å². The van der Waals surface area contributed by atoms with E-state index in [4.69, 9.17) is 37.4 Å². The molecule has 0 unspecified atom stereocenters. The number of halogens is 2. The highest BCUT2D eigenvalue weighted by atomic mass is 35.5. The molecule has 2 amide bonds. The molecule has 14 aromatic rings. The number of rotatable bonds is 26. The number of ether oxygens (including phenoxy) is 3. The molecule has 0 saturated heterocycles. The van der Waals surface area contributed by atoms with Crippen molar-refractivity contribution in [1.29, 1.82) is 0 Å². The molecule has 11 aromatic carbocycles. The average molecular weight is 1850 g/mol. The van der Waals surface area contributed by atoms with E-state index in [2.05, 4.69) is 176 Å². The number of unbranched alkanes of at least 4 members (excludes halogenated alkanes) is 8. The number of nitrogens with zero attached hydrogens (tertiary/aromatic N) is 9. The van der Waals surface area contributed by atoms with Crippen LogP contribution in [0.25, 0.3) is 67.6 Å². The van der Waals surface area contributed by atoms with E-state index >= 15 is 0 Å². The zero-order valence-electron chi connectivity index (χ0n) is 81.3. The molecule has 14 rings (SSSR count). The summed E-state index contributed by atoms with van der Waals surface area (Å²) < 4.78 is 17.1. The fourth-order valence-electron chi connectivity index (χ4n) is 14.5. The summed E-state index contributed by atoms with van der Waals surface area (Å²) in [5, 5.41) is 67.0. The standard InChI is InChI=1S/C27H27N3O2.C26H36N2O3.C21H26O3.C20H24ClN3O.C17H18ClN3O/c1-2-3-4-11-18-32-22-16-17-23(24(31)19-22)27-29-25(20-12-7-5-8-13-20)28-26(30-27)21-14-9-6-10-15-21;1-9-17-15-18(25(3,4)5)11-13-20(17)27-23(29)24(30)28-21-16-19(26(6,7)8)12-14-22(21)31-10-2;1-2-3-4-5-6-10-15-24-18-13-14-19(20(22)16-18)21(23)17-11-8-7-9-12-17;1-19(2,3)12-9-14(20(4,5)6)18(25)17(10-12)24-22-15-8-7-13(21)11-16(15)23-24;1-10-7-12(17(2,3)4)16(22)15(8-10)21-19-13-6-5-11(18)9-14(13)20-21/h5-10,12-17,19,31H,2-4,11,18H2,1H3;11-16H,9-10H2,1-8H3,(H,27,29)(H,28,30);7-9,11-14,16,22H,2-6,10,15H2,1H3;7-11,25H,1-6H3;5-9,22H,1-4H3. The highest BCUT2D eigenvalue weighted by Crippen LogP contribution is 2.42. The van der Waals surface area contributed by atoms with Gasteiger partial charge in [0.2, 0.25) is 0 Å². The minimum Gasteiger partial charge on any atom is -0.507 e. The van der Waals surface area contributed by atoms with E-state index in [9.17, 15) is 34.8 Å². The van der Waals surface area contributed by atoms with Crippen LogP contribution in [0, 0.1) is 6.92 Å². The number of phenols is 4. The van der Waals surface area contributed by atoms with Gasteiger partial charge in [0.15, 0.2) is 23.3 Å². The second-order valence-corrected chi connectivity index (χ2v) is 39.3. The third kappa shape index (κ3) is 28.8. The molecule has 23 heteroatoms. The third-order valence-electron chi connectivity index (χ3n) is 22.3. The molecule has 0 aliphatic carbocycles. The lowest BCUT2D eigenvalue weighted by molar-refractivity contribution is -0.133.